The average Bonchev–Trinajstić information content (AvgIpc) is 3.36. The van der Waals surface area contributed by atoms with Crippen molar-refractivity contribution >= 4 is 11.9 Å². The number of esters is 1. The molecule has 214 valence electrons. The van der Waals surface area contributed by atoms with Crippen LogP contribution in [0.15, 0.2) is 73.1 Å². The molecule has 0 radical (unpaired) electrons. The van der Waals surface area contributed by atoms with Crippen molar-refractivity contribution < 1.29 is 66.6 Å². The van der Waals surface area contributed by atoms with Gasteiger partial charge in [0.25, 0.3) is 0 Å². The zero-order valence-corrected chi connectivity index (χ0v) is 24.8. The van der Waals surface area contributed by atoms with Crippen molar-refractivity contribution in [3.63, 3.8) is 0 Å². The van der Waals surface area contributed by atoms with Crippen molar-refractivity contribution in [2.24, 2.45) is 0 Å². The summed E-state index contributed by atoms with van der Waals surface area (Å²) in [4.78, 5) is 32.7. The number of fused-ring (bicyclic) bond motifs is 1. The Bertz CT molecular complexity index is 1740. The van der Waals surface area contributed by atoms with E-state index in [0.29, 0.717) is 17.0 Å². The molecule has 2 aliphatic rings. The molecule has 0 amide bonds. The molecule has 5 rings (SSSR count). The minimum Gasteiger partial charge on any atom is -0.550 e. The smallest absolute Gasteiger partial charge is 0.550 e. The van der Waals surface area contributed by atoms with Gasteiger partial charge in [0.15, 0.2) is 11.9 Å². The number of rotatable bonds is 8. The maximum Gasteiger partial charge on any atom is 1.00 e. The molecule has 0 saturated heterocycles. The van der Waals surface area contributed by atoms with Crippen molar-refractivity contribution in [1.29, 1.82) is 0 Å². The van der Waals surface area contributed by atoms with Crippen LogP contribution < -0.4 is 34.7 Å². The van der Waals surface area contributed by atoms with Crippen molar-refractivity contribution in [1.82, 2.24) is 24.7 Å². The molecule has 0 aliphatic carbocycles. The quantitative estimate of drug-likeness (QED) is 0.148. The van der Waals surface area contributed by atoms with Crippen LogP contribution in [0.1, 0.15) is 29.3 Å². The fourth-order valence-electron chi connectivity index (χ4n) is 4.31. The van der Waals surface area contributed by atoms with E-state index in [9.17, 15) is 32.3 Å². The van der Waals surface area contributed by atoms with Crippen LogP contribution in [0.5, 0.6) is 0 Å². The van der Waals surface area contributed by atoms with E-state index in [1.54, 1.807) is 6.07 Å². The molecule has 0 spiro atoms. The summed E-state index contributed by atoms with van der Waals surface area (Å²) in [7, 11) is 0. The number of alkyl halides is 3. The number of pyridine rings is 1. The van der Waals surface area contributed by atoms with Crippen LogP contribution in [0.2, 0.25) is 0 Å². The number of hydrogen-bond acceptors (Lipinski definition) is 8. The number of imidazole rings is 1. The molecule has 1 unspecified atom stereocenters. The van der Waals surface area contributed by atoms with E-state index >= 15 is 0 Å². The number of aliphatic carboxylic acids is 1. The maximum atomic E-state index is 14.3. The summed E-state index contributed by atoms with van der Waals surface area (Å²) < 4.78 is 61.9. The van der Waals surface area contributed by atoms with Gasteiger partial charge in [-0.15, -0.1) is 0 Å². The number of aromatic nitrogens is 5. The molecule has 1 aromatic heterocycles. The number of nitrogens with zero attached hydrogens (tertiary/aromatic N) is 5. The second-order valence-corrected chi connectivity index (χ2v) is 9.27. The Balaban J connectivity index is 0.00000423. The SMILES string of the molecule is Cc1ccc(-c2ccc(C(C(=O)OCCC(=O)[O-])n3ccc4nc(-c5ccccc5F)nc-4c3)nn2)c(C(F)(F)F)c1.[Na+]. The summed E-state index contributed by atoms with van der Waals surface area (Å²) in [5.74, 6) is -2.74. The van der Waals surface area contributed by atoms with Crippen LogP contribution in [0.3, 0.4) is 0 Å². The summed E-state index contributed by atoms with van der Waals surface area (Å²) in [6.45, 7) is 1.05. The average molecular weight is 601 g/mol. The molecule has 43 heavy (non-hydrogen) atoms. The van der Waals surface area contributed by atoms with Crippen LogP contribution in [0.4, 0.5) is 17.6 Å². The molecular weight excluding hydrogens is 581 g/mol. The Morgan fingerprint density at radius 2 is 1.70 bits per heavy atom. The number of carbonyl (C=O) groups is 2. The molecule has 0 fully saturated rings. The fourth-order valence-corrected chi connectivity index (χ4v) is 4.31. The number of carboxylic acids is 1. The zero-order valence-electron chi connectivity index (χ0n) is 22.8. The largest absolute Gasteiger partial charge is 1.00 e. The van der Waals surface area contributed by atoms with Gasteiger partial charge < -0.3 is 19.2 Å². The van der Waals surface area contributed by atoms with Crippen molar-refractivity contribution in [3.8, 4) is 34.0 Å². The van der Waals surface area contributed by atoms with Gasteiger partial charge in [0, 0.05) is 30.3 Å². The van der Waals surface area contributed by atoms with Crippen molar-refractivity contribution in [2.75, 3.05) is 6.61 Å². The van der Waals surface area contributed by atoms with E-state index in [1.165, 1.54) is 72.4 Å². The molecule has 9 nitrogen and oxygen atoms in total. The first kappa shape index (κ1) is 31.7. The maximum absolute atomic E-state index is 14.3. The van der Waals surface area contributed by atoms with Gasteiger partial charge in [-0.05, 0) is 43.3 Å². The van der Waals surface area contributed by atoms with E-state index in [0.717, 1.165) is 6.07 Å². The summed E-state index contributed by atoms with van der Waals surface area (Å²) >= 11 is 0. The summed E-state index contributed by atoms with van der Waals surface area (Å²) in [6, 6.07) is 12.6. The predicted octanol–water partition coefficient (Wildman–Crippen LogP) is 1.25. The molecule has 3 heterocycles. The Hall–Kier alpha value is -4.20. The van der Waals surface area contributed by atoms with E-state index < -0.39 is 48.6 Å². The third-order valence-electron chi connectivity index (χ3n) is 6.30. The molecule has 0 bridgehead atoms. The van der Waals surface area contributed by atoms with Gasteiger partial charge in [0.05, 0.1) is 34.8 Å². The molecule has 2 aromatic carbocycles. The number of ether oxygens (including phenoxy) is 1. The van der Waals surface area contributed by atoms with Gasteiger partial charge in [0.2, 0.25) is 0 Å². The van der Waals surface area contributed by atoms with E-state index in [4.69, 9.17) is 4.74 Å². The van der Waals surface area contributed by atoms with E-state index in [2.05, 4.69) is 20.2 Å². The second-order valence-electron chi connectivity index (χ2n) is 9.27. The minimum atomic E-state index is -4.64. The van der Waals surface area contributed by atoms with Crippen LogP contribution in [0, 0.1) is 12.7 Å². The van der Waals surface area contributed by atoms with E-state index in [1.807, 2.05) is 0 Å². The van der Waals surface area contributed by atoms with Gasteiger partial charge in [-0.25, -0.2) is 19.2 Å². The number of halogens is 4. The van der Waals surface area contributed by atoms with Crippen LogP contribution >= 0.6 is 0 Å². The van der Waals surface area contributed by atoms with Gasteiger partial charge in [-0.1, -0.05) is 29.8 Å². The molecule has 0 N–H and O–H groups in total. The Kier molecular flexibility index (Phi) is 9.58. The number of carbonyl (C=O) groups excluding carboxylic acids is 2. The minimum absolute atomic E-state index is 0. The fraction of sp³-hybridized carbons (Fsp3) is 0.172. The van der Waals surface area contributed by atoms with Gasteiger partial charge in [0.1, 0.15) is 11.5 Å². The van der Waals surface area contributed by atoms with Gasteiger partial charge >= 0.3 is 41.7 Å². The summed E-state index contributed by atoms with van der Waals surface area (Å²) in [5.41, 5.74) is 0.120. The van der Waals surface area contributed by atoms with Crippen molar-refractivity contribution in [3.05, 3.63) is 95.7 Å². The Morgan fingerprint density at radius 3 is 2.37 bits per heavy atom. The molecule has 1 atom stereocenters. The summed E-state index contributed by atoms with van der Waals surface area (Å²) in [6.07, 6.45) is -2.29. The third kappa shape index (κ3) is 7.07. The topological polar surface area (TPSA) is 123 Å². The molecule has 0 saturated carbocycles. The summed E-state index contributed by atoms with van der Waals surface area (Å²) in [5, 5.41) is 18.8. The van der Waals surface area contributed by atoms with Crippen LogP contribution in [0.25, 0.3) is 34.0 Å². The standard InChI is InChI=1S/C29H21F4N5O4.Na/c1-16-6-7-17(19(14-16)29(31,32)33)21-8-9-23(37-36-21)26(28(41)42-13-11-25(39)40)38-12-10-22-24(15-38)35-27(34-22)18-4-2-3-5-20(18)30;/h2-10,12,14-15,26H,11,13H2,1H3,(H,39,40);/q;+1/p-1. The van der Waals surface area contributed by atoms with Gasteiger partial charge in [-0.3, -0.25) is 0 Å². The third-order valence-corrected chi connectivity index (χ3v) is 6.30. The van der Waals surface area contributed by atoms with Crippen LogP contribution in [-0.2, 0) is 20.5 Å². The normalized spacial score (nSPS) is 12.0. The van der Waals surface area contributed by atoms with Crippen molar-refractivity contribution in [2.45, 2.75) is 25.6 Å². The van der Waals surface area contributed by atoms with Gasteiger partial charge in [-0.2, -0.15) is 23.4 Å². The second kappa shape index (κ2) is 13.0. The Labute approximate surface area is 264 Å². The number of hydrogen-bond donors (Lipinski definition) is 0. The van der Waals surface area contributed by atoms with E-state index in [-0.39, 0.29) is 57.9 Å². The molecular formula is C29H20F4N5NaO4. The molecule has 3 aromatic rings. The zero-order chi connectivity index (χ0) is 30.0. The number of carboxylic acid groups (broad SMARTS) is 1. The first-order valence-electron chi connectivity index (χ1n) is 12.5. The first-order valence-corrected chi connectivity index (χ1v) is 12.5. The Morgan fingerprint density at radius 1 is 0.953 bits per heavy atom. The monoisotopic (exact) mass is 601 g/mol. The predicted molar refractivity (Wildman–Crippen MR) is 138 cm³/mol. The van der Waals surface area contributed by atoms with Crippen LogP contribution in [-0.4, -0.2) is 43.3 Å². The molecule has 14 heteroatoms. The number of benzene rings is 2. The molecule has 2 aliphatic heterocycles. The number of aryl methyl sites for hydroxylation is 1. The first-order chi connectivity index (χ1) is 20.0.